The molecule has 1 aliphatic carbocycles. The molecule has 1 saturated carbocycles. The Labute approximate surface area is 111 Å². The number of hydrogen-bond donors (Lipinski definition) is 2. The summed E-state index contributed by atoms with van der Waals surface area (Å²) in [6, 6.07) is 3.69. The first-order valence-corrected chi connectivity index (χ1v) is 6.59. The zero-order valence-electron chi connectivity index (χ0n) is 10.6. The molecule has 6 heteroatoms. The molecule has 100 valence electrons. The van der Waals surface area contributed by atoms with Crippen LogP contribution < -0.4 is 11.1 Å². The number of carbonyl (C=O) groups is 1. The molecular formula is C13H17N5O. The zero-order valence-corrected chi connectivity index (χ0v) is 10.6. The molecule has 0 radical (unpaired) electrons. The number of anilines is 1. The van der Waals surface area contributed by atoms with Gasteiger partial charge in [0.1, 0.15) is 5.82 Å². The lowest BCUT2D eigenvalue weighted by Gasteiger charge is -2.25. The van der Waals surface area contributed by atoms with Crippen LogP contribution in [0.5, 0.6) is 0 Å². The summed E-state index contributed by atoms with van der Waals surface area (Å²) in [6.45, 7) is 0. The molecule has 2 unspecified atom stereocenters. The maximum atomic E-state index is 12.3. The third-order valence-corrected chi connectivity index (χ3v) is 3.63. The van der Waals surface area contributed by atoms with Crippen molar-refractivity contribution in [2.24, 2.45) is 11.7 Å². The van der Waals surface area contributed by atoms with Gasteiger partial charge in [-0.25, -0.2) is 4.98 Å². The average Bonchev–Trinajstić information content (AvgIpc) is 2.88. The number of nitrogens with zero attached hydrogens (tertiary/aromatic N) is 3. The molecule has 2 aromatic rings. The summed E-state index contributed by atoms with van der Waals surface area (Å²) in [7, 11) is 0. The van der Waals surface area contributed by atoms with E-state index >= 15 is 0 Å². The van der Waals surface area contributed by atoms with Gasteiger partial charge in [-0.2, -0.15) is 9.61 Å². The first-order chi connectivity index (χ1) is 9.24. The molecule has 1 amide bonds. The minimum absolute atomic E-state index is 0.00234. The Bertz CT molecular complexity index is 593. The molecule has 1 aliphatic rings. The number of nitrogens with one attached hydrogen (secondary N) is 1. The highest BCUT2D eigenvalue weighted by Crippen LogP contribution is 2.24. The second-order valence-corrected chi connectivity index (χ2v) is 5.04. The summed E-state index contributed by atoms with van der Waals surface area (Å²) in [5, 5.41) is 7.07. The summed E-state index contributed by atoms with van der Waals surface area (Å²) in [5.74, 6) is 0.680. The SMILES string of the molecule is NC1CCCC(C(=O)Nc2ccnc3ccnn23)C1. The van der Waals surface area contributed by atoms with Crippen molar-refractivity contribution < 1.29 is 4.79 Å². The maximum Gasteiger partial charge on any atom is 0.228 e. The predicted molar refractivity (Wildman–Crippen MR) is 71.6 cm³/mol. The highest BCUT2D eigenvalue weighted by molar-refractivity contribution is 5.92. The van der Waals surface area contributed by atoms with E-state index in [4.69, 9.17) is 5.73 Å². The predicted octanol–water partition coefficient (Wildman–Crippen LogP) is 1.19. The summed E-state index contributed by atoms with van der Waals surface area (Å²) < 4.78 is 1.63. The lowest BCUT2D eigenvalue weighted by molar-refractivity contribution is -0.120. The van der Waals surface area contributed by atoms with Gasteiger partial charge in [0.2, 0.25) is 5.91 Å². The number of nitrogens with two attached hydrogens (primary N) is 1. The fourth-order valence-electron chi connectivity index (χ4n) is 2.62. The van der Waals surface area contributed by atoms with E-state index in [1.807, 2.05) is 0 Å². The van der Waals surface area contributed by atoms with E-state index in [9.17, 15) is 4.79 Å². The Hall–Kier alpha value is -1.95. The van der Waals surface area contributed by atoms with Gasteiger partial charge in [-0.3, -0.25) is 4.79 Å². The van der Waals surface area contributed by atoms with Gasteiger partial charge < -0.3 is 11.1 Å². The summed E-state index contributed by atoms with van der Waals surface area (Å²) in [6.07, 6.45) is 7.04. The van der Waals surface area contributed by atoms with Gasteiger partial charge in [0.25, 0.3) is 0 Å². The molecular weight excluding hydrogens is 242 g/mol. The highest BCUT2D eigenvalue weighted by Gasteiger charge is 2.25. The first-order valence-electron chi connectivity index (χ1n) is 6.59. The molecule has 3 rings (SSSR count). The van der Waals surface area contributed by atoms with Gasteiger partial charge in [-0.15, -0.1) is 0 Å². The van der Waals surface area contributed by atoms with Crippen molar-refractivity contribution in [1.82, 2.24) is 14.6 Å². The van der Waals surface area contributed by atoms with Crippen LogP contribution in [0.1, 0.15) is 25.7 Å². The number of aromatic nitrogens is 3. The quantitative estimate of drug-likeness (QED) is 0.848. The Morgan fingerprint density at radius 2 is 2.26 bits per heavy atom. The molecule has 0 saturated heterocycles. The third kappa shape index (κ3) is 2.44. The van der Waals surface area contributed by atoms with Crippen LogP contribution >= 0.6 is 0 Å². The molecule has 2 atom stereocenters. The van der Waals surface area contributed by atoms with Crippen molar-refractivity contribution >= 4 is 17.4 Å². The minimum atomic E-state index is 0.00234. The Balaban J connectivity index is 1.77. The van der Waals surface area contributed by atoms with Gasteiger partial charge in [-0.1, -0.05) is 6.42 Å². The molecule has 0 bridgehead atoms. The Morgan fingerprint density at radius 1 is 1.37 bits per heavy atom. The van der Waals surface area contributed by atoms with E-state index in [0.29, 0.717) is 5.82 Å². The lowest BCUT2D eigenvalue weighted by atomic mass is 9.85. The molecule has 1 fully saturated rings. The molecule has 2 heterocycles. The normalized spacial score (nSPS) is 23.4. The average molecular weight is 259 g/mol. The largest absolute Gasteiger partial charge is 0.328 e. The van der Waals surface area contributed by atoms with Crippen molar-refractivity contribution in [3.8, 4) is 0 Å². The fourth-order valence-corrected chi connectivity index (χ4v) is 2.62. The Kier molecular flexibility index (Phi) is 3.16. The van der Waals surface area contributed by atoms with E-state index in [2.05, 4.69) is 15.4 Å². The van der Waals surface area contributed by atoms with Crippen LogP contribution in [-0.4, -0.2) is 26.5 Å². The smallest absolute Gasteiger partial charge is 0.228 e. The molecule has 3 N–H and O–H groups in total. The van der Waals surface area contributed by atoms with Crippen LogP contribution in [0, 0.1) is 5.92 Å². The first kappa shape index (κ1) is 12.1. The molecule has 0 aliphatic heterocycles. The van der Waals surface area contributed by atoms with E-state index in [-0.39, 0.29) is 17.9 Å². The van der Waals surface area contributed by atoms with Crippen molar-refractivity contribution in [3.05, 3.63) is 24.5 Å². The van der Waals surface area contributed by atoms with E-state index < -0.39 is 0 Å². The van der Waals surface area contributed by atoms with Crippen LogP contribution in [0.4, 0.5) is 5.82 Å². The minimum Gasteiger partial charge on any atom is -0.328 e. The van der Waals surface area contributed by atoms with Crippen LogP contribution in [0.3, 0.4) is 0 Å². The van der Waals surface area contributed by atoms with Crippen molar-refractivity contribution in [2.75, 3.05) is 5.32 Å². The maximum absolute atomic E-state index is 12.3. The van der Waals surface area contributed by atoms with E-state index in [1.165, 1.54) is 0 Å². The summed E-state index contributed by atoms with van der Waals surface area (Å²) in [4.78, 5) is 16.4. The van der Waals surface area contributed by atoms with Crippen LogP contribution in [-0.2, 0) is 4.79 Å². The van der Waals surface area contributed by atoms with Crippen LogP contribution in [0.25, 0.3) is 5.65 Å². The molecule has 6 nitrogen and oxygen atoms in total. The van der Waals surface area contributed by atoms with E-state index in [0.717, 1.165) is 31.3 Å². The molecule has 0 aromatic carbocycles. The van der Waals surface area contributed by atoms with Crippen molar-refractivity contribution in [1.29, 1.82) is 0 Å². The van der Waals surface area contributed by atoms with Gasteiger partial charge >= 0.3 is 0 Å². The van der Waals surface area contributed by atoms with Crippen molar-refractivity contribution in [2.45, 2.75) is 31.7 Å². The zero-order chi connectivity index (χ0) is 13.2. The highest BCUT2D eigenvalue weighted by atomic mass is 16.2. The number of rotatable bonds is 2. The topological polar surface area (TPSA) is 85.3 Å². The second kappa shape index (κ2) is 4.97. The summed E-state index contributed by atoms with van der Waals surface area (Å²) in [5.41, 5.74) is 6.64. The van der Waals surface area contributed by atoms with E-state index in [1.54, 1.807) is 29.0 Å². The standard InChI is InChI=1S/C13H17N5O/c14-10-3-1-2-9(8-10)13(19)17-12-4-6-15-11-5-7-16-18(11)12/h4-7,9-10H,1-3,8,14H2,(H,17,19). The summed E-state index contributed by atoms with van der Waals surface area (Å²) >= 11 is 0. The van der Waals surface area contributed by atoms with Crippen LogP contribution in [0.15, 0.2) is 24.5 Å². The monoisotopic (exact) mass is 259 g/mol. The van der Waals surface area contributed by atoms with Gasteiger partial charge in [-0.05, 0) is 25.3 Å². The van der Waals surface area contributed by atoms with Crippen molar-refractivity contribution in [3.63, 3.8) is 0 Å². The fraction of sp³-hybridized carbons (Fsp3) is 0.462. The van der Waals surface area contributed by atoms with Crippen LogP contribution in [0.2, 0.25) is 0 Å². The van der Waals surface area contributed by atoms with Gasteiger partial charge in [0.15, 0.2) is 5.65 Å². The number of hydrogen-bond acceptors (Lipinski definition) is 4. The van der Waals surface area contributed by atoms with Gasteiger partial charge in [0.05, 0.1) is 6.20 Å². The molecule has 0 spiro atoms. The number of carbonyl (C=O) groups excluding carboxylic acids is 1. The molecule has 19 heavy (non-hydrogen) atoms. The second-order valence-electron chi connectivity index (χ2n) is 5.04. The number of amides is 1. The number of fused-ring (bicyclic) bond motifs is 1. The van der Waals surface area contributed by atoms with Gasteiger partial charge in [0, 0.05) is 24.2 Å². The lowest BCUT2D eigenvalue weighted by Crippen LogP contribution is -2.34. The Morgan fingerprint density at radius 3 is 3.11 bits per heavy atom. The third-order valence-electron chi connectivity index (χ3n) is 3.63. The molecule has 2 aromatic heterocycles.